The zero-order valence-corrected chi connectivity index (χ0v) is 15.7. The number of rotatable bonds is 3. The average Bonchev–Trinajstić information content (AvgIpc) is 2.72. The second-order valence-corrected chi connectivity index (χ2v) is 7.00. The van der Waals surface area contributed by atoms with Crippen molar-refractivity contribution < 1.29 is 19.4 Å². The molecule has 1 aliphatic rings. The Labute approximate surface area is 164 Å². The summed E-state index contributed by atoms with van der Waals surface area (Å²) in [5.74, 6) is 0.122. The number of methoxy groups -OCH3 is 1. The highest BCUT2D eigenvalue weighted by molar-refractivity contribution is 6.18. The van der Waals surface area contributed by atoms with Crippen LogP contribution in [0.25, 0.3) is 28.0 Å². The molecular formula is C23H19BO4. The molecule has 0 saturated carbocycles. The zero-order valence-electron chi connectivity index (χ0n) is 15.7. The topological polar surface area (TPSA) is 55.8 Å². The van der Waals surface area contributed by atoms with Crippen molar-refractivity contribution in [3.63, 3.8) is 0 Å². The minimum absolute atomic E-state index is 0.0409. The van der Waals surface area contributed by atoms with Crippen LogP contribution in [-0.2, 0) is 11.3 Å². The predicted molar refractivity (Wildman–Crippen MR) is 110 cm³/mol. The van der Waals surface area contributed by atoms with Crippen LogP contribution in [0.5, 0.6) is 5.75 Å². The maximum atomic E-state index is 12.8. The Hall–Kier alpha value is -3.05. The fourth-order valence-electron chi connectivity index (χ4n) is 3.59. The molecule has 3 aromatic carbocycles. The molecule has 0 amide bonds. The molecule has 1 atom stereocenters. The van der Waals surface area contributed by atoms with Gasteiger partial charge in [-0.25, -0.2) is 4.79 Å². The quantitative estimate of drug-likeness (QED) is 0.558. The van der Waals surface area contributed by atoms with Gasteiger partial charge in [-0.15, -0.1) is 0 Å². The fourth-order valence-corrected chi connectivity index (χ4v) is 3.59. The summed E-state index contributed by atoms with van der Waals surface area (Å²) in [5.41, 5.74) is 2.53. The molecule has 5 heteroatoms. The van der Waals surface area contributed by atoms with Crippen molar-refractivity contribution in [3.05, 3.63) is 71.3 Å². The summed E-state index contributed by atoms with van der Waals surface area (Å²) < 4.78 is 11.2. The number of fused-ring (bicyclic) bond motifs is 3. The van der Waals surface area contributed by atoms with Crippen molar-refractivity contribution in [2.45, 2.75) is 19.0 Å². The normalized spacial score (nSPS) is 17.8. The molecule has 4 rings (SSSR count). The first-order chi connectivity index (χ1) is 13.4. The Morgan fingerprint density at radius 1 is 1.14 bits per heavy atom. The van der Waals surface area contributed by atoms with Gasteiger partial charge in [0.1, 0.15) is 13.6 Å². The van der Waals surface area contributed by atoms with E-state index < -0.39 is 11.5 Å². The van der Waals surface area contributed by atoms with Crippen LogP contribution in [0.15, 0.2) is 54.6 Å². The van der Waals surface area contributed by atoms with E-state index in [1.165, 1.54) is 7.11 Å². The van der Waals surface area contributed by atoms with Crippen molar-refractivity contribution in [3.8, 4) is 16.9 Å². The average molecular weight is 370 g/mol. The number of carbonyl (C=O) groups is 1. The Kier molecular flexibility index (Phi) is 4.48. The van der Waals surface area contributed by atoms with Crippen LogP contribution in [0.3, 0.4) is 0 Å². The van der Waals surface area contributed by atoms with Gasteiger partial charge in [0, 0.05) is 16.5 Å². The smallest absolute Gasteiger partial charge is 0.339 e. The number of hydrogen-bond donors (Lipinski definition) is 1. The SMILES string of the molecule is [B]C1(C)C=Cc2c(C(=O)OC)c(-c3ccc(CO)cc3)c3ccccc3c2O1. The van der Waals surface area contributed by atoms with Gasteiger partial charge in [-0.05, 0) is 23.4 Å². The number of aliphatic hydroxyl groups excluding tert-OH is 1. The number of ether oxygens (including phenoxy) is 2. The Morgan fingerprint density at radius 2 is 1.82 bits per heavy atom. The molecule has 0 aliphatic carbocycles. The lowest BCUT2D eigenvalue weighted by atomic mass is 9.79. The molecule has 0 aromatic heterocycles. The molecule has 138 valence electrons. The molecule has 0 spiro atoms. The first-order valence-corrected chi connectivity index (χ1v) is 8.99. The minimum Gasteiger partial charge on any atom is -0.492 e. The van der Waals surface area contributed by atoms with Crippen molar-refractivity contribution >= 4 is 30.7 Å². The second-order valence-electron chi connectivity index (χ2n) is 7.00. The van der Waals surface area contributed by atoms with Crippen LogP contribution >= 0.6 is 0 Å². The van der Waals surface area contributed by atoms with Crippen molar-refractivity contribution in [1.82, 2.24) is 0 Å². The first kappa shape index (κ1) is 18.3. The Morgan fingerprint density at radius 3 is 2.46 bits per heavy atom. The van der Waals surface area contributed by atoms with Gasteiger partial charge in [-0.2, -0.15) is 0 Å². The summed E-state index contributed by atoms with van der Waals surface area (Å²) in [5, 5.41) is 11.1. The molecule has 28 heavy (non-hydrogen) atoms. The van der Waals surface area contributed by atoms with Gasteiger partial charge in [-0.1, -0.05) is 60.7 Å². The second kappa shape index (κ2) is 6.84. The number of benzene rings is 3. The third-order valence-corrected chi connectivity index (χ3v) is 4.92. The van der Waals surface area contributed by atoms with Gasteiger partial charge in [0.2, 0.25) is 0 Å². The highest BCUT2D eigenvalue weighted by Gasteiger charge is 2.30. The van der Waals surface area contributed by atoms with Crippen LogP contribution < -0.4 is 4.74 Å². The van der Waals surface area contributed by atoms with Gasteiger partial charge in [0.25, 0.3) is 0 Å². The number of aliphatic hydroxyl groups is 1. The first-order valence-electron chi connectivity index (χ1n) is 8.99. The van der Waals surface area contributed by atoms with Gasteiger partial charge in [0.05, 0.1) is 24.8 Å². The molecule has 0 bridgehead atoms. The lowest BCUT2D eigenvalue weighted by Crippen LogP contribution is -2.32. The molecule has 1 N–H and O–H groups in total. The number of carbonyl (C=O) groups excluding carboxylic acids is 1. The van der Waals surface area contributed by atoms with E-state index in [9.17, 15) is 9.90 Å². The summed E-state index contributed by atoms with van der Waals surface area (Å²) in [7, 11) is 7.54. The van der Waals surface area contributed by atoms with Crippen molar-refractivity contribution in [2.75, 3.05) is 7.11 Å². The highest BCUT2D eigenvalue weighted by atomic mass is 16.5. The summed E-state index contributed by atoms with van der Waals surface area (Å²) in [6.45, 7) is 1.72. The lowest BCUT2D eigenvalue weighted by molar-refractivity contribution is 0.0600. The molecule has 0 saturated heterocycles. The number of esters is 1. The molecular weight excluding hydrogens is 351 g/mol. The largest absolute Gasteiger partial charge is 0.492 e. The van der Waals surface area contributed by atoms with Crippen LogP contribution in [0, 0.1) is 0 Å². The predicted octanol–water partition coefficient (Wildman–Crippen LogP) is 4.08. The summed E-state index contributed by atoms with van der Waals surface area (Å²) in [6, 6.07) is 15.2. The molecule has 0 fully saturated rings. The highest BCUT2D eigenvalue weighted by Crippen LogP contribution is 2.45. The summed E-state index contributed by atoms with van der Waals surface area (Å²) in [6.07, 6.45) is 3.55. The van der Waals surface area contributed by atoms with Crippen LogP contribution in [0.4, 0.5) is 0 Å². The molecule has 1 unspecified atom stereocenters. The molecule has 3 aromatic rings. The van der Waals surface area contributed by atoms with E-state index in [2.05, 4.69) is 0 Å². The third-order valence-electron chi connectivity index (χ3n) is 4.92. The Balaban J connectivity index is 2.12. The van der Waals surface area contributed by atoms with Crippen molar-refractivity contribution in [2.24, 2.45) is 0 Å². The zero-order chi connectivity index (χ0) is 19.9. The Bertz CT molecular complexity index is 1100. The van der Waals surface area contributed by atoms with Crippen LogP contribution in [0.1, 0.15) is 28.4 Å². The molecule has 4 nitrogen and oxygen atoms in total. The van der Waals surface area contributed by atoms with E-state index >= 15 is 0 Å². The summed E-state index contributed by atoms with van der Waals surface area (Å²) in [4.78, 5) is 12.8. The van der Waals surface area contributed by atoms with Gasteiger partial charge < -0.3 is 14.6 Å². The lowest BCUT2D eigenvalue weighted by Gasteiger charge is -2.31. The van der Waals surface area contributed by atoms with E-state index in [4.69, 9.17) is 17.3 Å². The maximum absolute atomic E-state index is 12.8. The number of hydrogen-bond acceptors (Lipinski definition) is 4. The van der Waals surface area contributed by atoms with Crippen LogP contribution in [-0.4, -0.2) is 31.5 Å². The maximum Gasteiger partial charge on any atom is 0.339 e. The van der Waals surface area contributed by atoms with E-state index in [1.807, 2.05) is 54.6 Å². The summed E-state index contributed by atoms with van der Waals surface area (Å²) >= 11 is 0. The fraction of sp³-hybridized carbons (Fsp3) is 0.174. The monoisotopic (exact) mass is 370 g/mol. The van der Waals surface area contributed by atoms with Crippen LogP contribution in [0.2, 0.25) is 0 Å². The standard InChI is InChI=1S/C23H19BO4/c1-23(24)12-11-18-20(22(26)27-2)19(15-9-7-14(13-25)8-10-15)16-5-3-4-6-17(16)21(18)28-23/h3-12,25H,13H2,1-2H3. The van der Waals surface area contributed by atoms with E-state index in [0.717, 1.165) is 27.5 Å². The van der Waals surface area contributed by atoms with Crippen molar-refractivity contribution in [1.29, 1.82) is 0 Å². The van der Waals surface area contributed by atoms with Gasteiger partial charge >= 0.3 is 5.97 Å². The molecule has 1 heterocycles. The van der Waals surface area contributed by atoms with E-state index in [-0.39, 0.29) is 6.61 Å². The molecule has 2 radical (unpaired) electrons. The van der Waals surface area contributed by atoms with Gasteiger partial charge in [-0.3, -0.25) is 0 Å². The van der Waals surface area contributed by atoms with E-state index in [0.29, 0.717) is 16.9 Å². The molecule has 1 aliphatic heterocycles. The third kappa shape index (κ3) is 2.98. The minimum atomic E-state index is -0.965. The van der Waals surface area contributed by atoms with Gasteiger partial charge in [0.15, 0.2) is 0 Å². The van der Waals surface area contributed by atoms with E-state index in [1.54, 1.807) is 13.0 Å².